The molecule has 0 unspecified atom stereocenters. The van der Waals surface area contributed by atoms with Crippen molar-refractivity contribution >= 4 is 27.7 Å². The monoisotopic (exact) mass is 342 g/mol. The molecule has 2 heterocycles. The van der Waals surface area contributed by atoms with Gasteiger partial charge in [0.15, 0.2) is 10.4 Å². The predicted octanol–water partition coefficient (Wildman–Crippen LogP) is 2.42. The van der Waals surface area contributed by atoms with Gasteiger partial charge >= 0.3 is 0 Å². The molecule has 1 aromatic rings. The topological polar surface area (TPSA) is 62.6 Å². The van der Waals surface area contributed by atoms with Gasteiger partial charge in [0.2, 0.25) is 5.91 Å². The summed E-state index contributed by atoms with van der Waals surface area (Å²) in [5, 5.41) is 2.91. The van der Waals surface area contributed by atoms with Gasteiger partial charge in [-0.3, -0.25) is 9.59 Å². The summed E-state index contributed by atoms with van der Waals surface area (Å²) in [7, 11) is 0. The molecule has 1 aliphatic heterocycles. The van der Waals surface area contributed by atoms with Crippen LogP contribution in [0.1, 0.15) is 36.7 Å². The maximum Gasteiger partial charge on any atom is 0.289 e. The molecule has 0 radical (unpaired) electrons. The Morgan fingerprint density at radius 3 is 2.65 bits per heavy atom. The van der Waals surface area contributed by atoms with Gasteiger partial charge < -0.3 is 14.6 Å². The Balaban J connectivity index is 1.85. The van der Waals surface area contributed by atoms with E-state index in [-0.39, 0.29) is 17.7 Å². The lowest BCUT2D eigenvalue weighted by Gasteiger charge is -2.30. The van der Waals surface area contributed by atoms with E-state index >= 15 is 0 Å². The van der Waals surface area contributed by atoms with Crippen molar-refractivity contribution in [2.75, 3.05) is 19.6 Å². The zero-order chi connectivity index (χ0) is 14.5. The number of carbonyl (C=O) groups excluding carboxylic acids is 2. The van der Waals surface area contributed by atoms with E-state index < -0.39 is 0 Å². The Morgan fingerprint density at radius 2 is 2.10 bits per heavy atom. The summed E-state index contributed by atoms with van der Waals surface area (Å²) in [5.74, 6) is 0.363. The minimum atomic E-state index is -0.108. The number of hydrogen-bond acceptors (Lipinski definition) is 3. The van der Waals surface area contributed by atoms with Crippen molar-refractivity contribution in [1.29, 1.82) is 0 Å². The van der Waals surface area contributed by atoms with E-state index in [1.807, 2.05) is 6.92 Å². The van der Waals surface area contributed by atoms with Crippen molar-refractivity contribution in [3.05, 3.63) is 22.6 Å². The number of piperidine rings is 1. The van der Waals surface area contributed by atoms with Crippen LogP contribution in [-0.4, -0.2) is 36.3 Å². The van der Waals surface area contributed by atoms with Gasteiger partial charge in [-0.15, -0.1) is 0 Å². The quantitative estimate of drug-likeness (QED) is 0.913. The van der Waals surface area contributed by atoms with Crippen molar-refractivity contribution in [3.8, 4) is 0 Å². The van der Waals surface area contributed by atoms with Crippen LogP contribution in [0.5, 0.6) is 0 Å². The Bertz CT molecular complexity index is 479. The summed E-state index contributed by atoms with van der Waals surface area (Å²) in [6, 6.07) is 3.37. The molecule has 0 saturated carbocycles. The number of halogens is 1. The Hall–Kier alpha value is -1.30. The number of furan rings is 1. The third-order valence-electron chi connectivity index (χ3n) is 3.49. The molecule has 0 bridgehead atoms. The Kier molecular flexibility index (Phi) is 5.23. The zero-order valence-corrected chi connectivity index (χ0v) is 13.1. The smallest absolute Gasteiger partial charge is 0.289 e. The molecular formula is C14H19BrN2O3. The summed E-state index contributed by atoms with van der Waals surface area (Å²) in [5.41, 5.74) is 0. The highest BCUT2D eigenvalue weighted by Crippen LogP contribution is 2.21. The predicted molar refractivity (Wildman–Crippen MR) is 78.3 cm³/mol. The van der Waals surface area contributed by atoms with Gasteiger partial charge in [0.25, 0.3) is 5.91 Å². The third-order valence-corrected chi connectivity index (χ3v) is 3.91. The number of rotatable bonds is 4. The molecule has 0 spiro atoms. The van der Waals surface area contributed by atoms with Crippen LogP contribution in [0.3, 0.4) is 0 Å². The number of nitrogens with zero attached hydrogens (tertiary/aromatic N) is 1. The Labute approximate surface area is 126 Å². The highest BCUT2D eigenvalue weighted by atomic mass is 79.9. The second-order valence-electron chi connectivity index (χ2n) is 4.96. The SMILES string of the molecule is CCCNC(=O)C1CCN(C(=O)c2ccc(Br)o2)CC1. The van der Waals surface area contributed by atoms with E-state index in [4.69, 9.17) is 4.42 Å². The van der Waals surface area contributed by atoms with Crippen LogP contribution in [0.15, 0.2) is 21.2 Å². The van der Waals surface area contributed by atoms with Crippen molar-refractivity contribution < 1.29 is 14.0 Å². The fourth-order valence-corrected chi connectivity index (χ4v) is 2.63. The van der Waals surface area contributed by atoms with E-state index in [1.54, 1.807) is 17.0 Å². The van der Waals surface area contributed by atoms with Crippen molar-refractivity contribution in [2.45, 2.75) is 26.2 Å². The van der Waals surface area contributed by atoms with Crippen LogP contribution >= 0.6 is 15.9 Å². The largest absolute Gasteiger partial charge is 0.444 e. The average Bonchev–Trinajstić information content (AvgIpc) is 2.90. The average molecular weight is 343 g/mol. The summed E-state index contributed by atoms with van der Waals surface area (Å²) >= 11 is 3.19. The summed E-state index contributed by atoms with van der Waals surface area (Å²) in [6.45, 7) is 3.95. The maximum atomic E-state index is 12.2. The molecule has 0 aromatic carbocycles. The van der Waals surface area contributed by atoms with E-state index in [0.29, 0.717) is 36.4 Å². The number of hydrogen-bond donors (Lipinski definition) is 1. The number of nitrogens with one attached hydrogen (secondary N) is 1. The standard InChI is InChI=1S/C14H19BrN2O3/c1-2-7-16-13(18)10-5-8-17(9-6-10)14(19)11-3-4-12(15)20-11/h3-4,10H,2,5-9H2,1H3,(H,16,18). The molecule has 6 heteroatoms. The van der Waals surface area contributed by atoms with E-state index in [1.165, 1.54) is 0 Å². The normalized spacial score (nSPS) is 16.2. The van der Waals surface area contributed by atoms with E-state index in [2.05, 4.69) is 21.2 Å². The van der Waals surface area contributed by atoms with Crippen LogP contribution in [-0.2, 0) is 4.79 Å². The van der Waals surface area contributed by atoms with Crippen LogP contribution in [0.2, 0.25) is 0 Å². The first-order chi connectivity index (χ1) is 9.61. The summed E-state index contributed by atoms with van der Waals surface area (Å²) < 4.78 is 5.82. The van der Waals surface area contributed by atoms with Gasteiger partial charge in [-0.1, -0.05) is 6.92 Å². The highest BCUT2D eigenvalue weighted by Gasteiger charge is 2.28. The number of amides is 2. The lowest BCUT2D eigenvalue weighted by atomic mass is 9.95. The molecule has 1 aromatic heterocycles. The van der Waals surface area contributed by atoms with Crippen molar-refractivity contribution in [1.82, 2.24) is 10.2 Å². The fourth-order valence-electron chi connectivity index (χ4n) is 2.32. The second kappa shape index (κ2) is 6.92. The van der Waals surface area contributed by atoms with Crippen molar-refractivity contribution in [3.63, 3.8) is 0 Å². The van der Waals surface area contributed by atoms with Gasteiger partial charge in [0.05, 0.1) is 0 Å². The lowest BCUT2D eigenvalue weighted by molar-refractivity contribution is -0.126. The van der Waals surface area contributed by atoms with Crippen LogP contribution < -0.4 is 5.32 Å². The molecule has 20 heavy (non-hydrogen) atoms. The molecule has 2 rings (SSSR count). The molecule has 1 N–H and O–H groups in total. The third kappa shape index (κ3) is 3.62. The molecule has 0 atom stereocenters. The first kappa shape index (κ1) is 15.1. The van der Waals surface area contributed by atoms with Gasteiger partial charge in [-0.2, -0.15) is 0 Å². The van der Waals surface area contributed by atoms with Crippen LogP contribution in [0.4, 0.5) is 0 Å². The molecule has 1 saturated heterocycles. The van der Waals surface area contributed by atoms with E-state index in [9.17, 15) is 9.59 Å². The highest BCUT2D eigenvalue weighted by molar-refractivity contribution is 9.10. The first-order valence-corrected chi connectivity index (χ1v) is 7.73. The Morgan fingerprint density at radius 1 is 1.40 bits per heavy atom. The molecular weight excluding hydrogens is 324 g/mol. The molecule has 110 valence electrons. The fraction of sp³-hybridized carbons (Fsp3) is 0.571. The maximum absolute atomic E-state index is 12.2. The van der Waals surface area contributed by atoms with Gasteiger partial charge in [0, 0.05) is 25.6 Å². The summed E-state index contributed by atoms with van der Waals surface area (Å²) in [6.07, 6.45) is 2.36. The number of likely N-dealkylation sites (tertiary alicyclic amines) is 1. The van der Waals surface area contributed by atoms with Crippen LogP contribution in [0.25, 0.3) is 0 Å². The number of carbonyl (C=O) groups is 2. The molecule has 0 aliphatic carbocycles. The van der Waals surface area contributed by atoms with Crippen LogP contribution in [0, 0.1) is 5.92 Å². The molecule has 1 fully saturated rings. The van der Waals surface area contributed by atoms with Gasteiger partial charge in [-0.25, -0.2) is 0 Å². The molecule has 1 aliphatic rings. The van der Waals surface area contributed by atoms with Gasteiger partial charge in [0.1, 0.15) is 0 Å². The van der Waals surface area contributed by atoms with Gasteiger partial charge in [-0.05, 0) is 47.3 Å². The molecule has 5 nitrogen and oxygen atoms in total. The molecule has 2 amide bonds. The van der Waals surface area contributed by atoms with E-state index in [0.717, 1.165) is 13.0 Å². The second-order valence-corrected chi connectivity index (χ2v) is 5.74. The lowest BCUT2D eigenvalue weighted by Crippen LogP contribution is -2.43. The zero-order valence-electron chi connectivity index (χ0n) is 11.5. The minimum Gasteiger partial charge on any atom is -0.444 e. The van der Waals surface area contributed by atoms with Crippen molar-refractivity contribution in [2.24, 2.45) is 5.92 Å². The summed E-state index contributed by atoms with van der Waals surface area (Å²) in [4.78, 5) is 25.8. The minimum absolute atomic E-state index is 0.0222. The first-order valence-electron chi connectivity index (χ1n) is 6.94.